The van der Waals surface area contributed by atoms with Crippen molar-refractivity contribution in [3.8, 4) is 0 Å². The maximum atomic E-state index is 11.6. The van der Waals surface area contributed by atoms with Crippen molar-refractivity contribution in [3.63, 3.8) is 0 Å². The molecule has 0 bridgehead atoms. The number of pyridine rings is 1. The van der Waals surface area contributed by atoms with E-state index in [0.29, 0.717) is 49.3 Å². The monoisotopic (exact) mass is 376 g/mol. The zero-order chi connectivity index (χ0) is 17.6. The van der Waals surface area contributed by atoms with Gasteiger partial charge >= 0.3 is 29.6 Å². The van der Waals surface area contributed by atoms with E-state index in [-0.39, 0.29) is 34.5 Å². The molecule has 25 heavy (non-hydrogen) atoms. The maximum absolute atomic E-state index is 11.6. The molecule has 0 saturated heterocycles. The molecule has 1 aromatic heterocycles. The number of ether oxygens (including phenoxy) is 2. The fourth-order valence-corrected chi connectivity index (χ4v) is 3.21. The van der Waals surface area contributed by atoms with Crippen molar-refractivity contribution in [1.82, 2.24) is 9.88 Å². The fraction of sp³-hybridized carbons (Fsp3) is 0.438. The van der Waals surface area contributed by atoms with Gasteiger partial charge in [0.05, 0.1) is 23.6 Å². The van der Waals surface area contributed by atoms with Crippen LogP contribution in [0.2, 0.25) is 0 Å². The number of hydrogen-bond acceptors (Lipinski definition) is 7. The zero-order valence-corrected chi connectivity index (χ0v) is 17.6. The van der Waals surface area contributed by atoms with Crippen molar-refractivity contribution in [2.75, 3.05) is 40.5 Å². The molecule has 2 rings (SSSR count). The molecule has 0 aliphatic carbocycles. The van der Waals surface area contributed by atoms with Crippen LogP contribution in [0.4, 0.5) is 0 Å². The van der Waals surface area contributed by atoms with Crippen LogP contribution in [0.5, 0.6) is 0 Å². The van der Waals surface area contributed by atoms with Gasteiger partial charge in [-0.1, -0.05) is 6.07 Å². The van der Waals surface area contributed by atoms with Crippen molar-refractivity contribution >= 4 is 21.0 Å². The number of fused-ring (bicyclic) bond motifs is 1. The van der Waals surface area contributed by atoms with Crippen LogP contribution in [0, 0.1) is 0 Å². The summed E-state index contributed by atoms with van der Waals surface area (Å²) in [6.07, 6.45) is 1.57. The second-order valence-electron chi connectivity index (χ2n) is 5.38. The van der Waals surface area contributed by atoms with E-state index in [1.165, 1.54) is 6.07 Å². The van der Waals surface area contributed by atoms with E-state index in [4.69, 9.17) is 9.47 Å². The van der Waals surface area contributed by atoms with Crippen LogP contribution >= 0.6 is 0 Å². The standard InChI is InChI=1S/C16H22N2O5S.Na/c1-22-8-6-18(7-9-23-2)12-13-10-15-14(4-3-5-17-15)16(11-13)24(19,20)21;/h3-5,10-11H,6-9,12H2,1-2H3,(H,19,20,21);/q;+1/p-1. The van der Waals surface area contributed by atoms with Crippen molar-refractivity contribution in [2.45, 2.75) is 11.4 Å². The van der Waals surface area contributed by atoms with E-state index in [1.807, 2.05) is 0 Å². The fourth-order valence-electron chi connectivity index (χ4n) is 2.47. The first-order chi connectivity index (χ1) is 11.5. The number of benzene rings is 1. The Balaban J connectivity index is 0.00000312. The Kier molecular flexibility index (Phi) is 9.47. The first kappa shape index (κ1) is 22.5. The van der Waals surface area contributed by atoms with Crippen LogP contribution in [-0.2, 0) is 26.1 Å². The largest absolute Gasteiger partial charge is 1.00 e. The van der Waals surface area contributed by atoms with E-state index in [1.54, 1.807) is 38.6 Å². The van der Waals surface area contributed by atoms with Gasteiger partial charge in [-0.15, -0.1) is 0 Å². The second-order valence-corrected chi connectivity index (χ2v) is 6.73. The number of methoxy groups -OCH3 is 2. The van der Waals surface area contributed by atoms with Gasteiger partial charge in [-0.3, -0.25) is 9.88 Å². The summed E-state index contributed by atoms with van der Waals surface area (Å²) in [6.45, 7) is 2.89. The molecule has 1 heterocycles. The topological polar surface area (TPSA) is 91.8 Å². The molecule has 7 nitrogen and oxygen atoms in total. The Morgan fingerprint density at radius 1 is 1.16 bits per heavy atom. The molecular formula is C16H21N2NaO5S. The van der Waals surface area contributed by atoms with Gasteiger partial charge in [-0.25, -0.2) is 8.42 Å². The van der Waals surface area contributed by atoms with E-state index in [2.05, 4.69) is 9.88 Å². The average molecular weight is 376 g/mol. The number of rotatable bonds is 9. The summed E-state index contributed by atoms with van der Waals surface area (Å²) in [5.74, 6) is 0. The normalized spacial score (nSPS) is 11.7. The van der Waals surface area contributed by atoms with Crippen LogP contribution in [0.3, 0.4) is 0 Å². The van der Waals surface area contributed by atoms with Gasteiger partial charge in [-0.05, 0) is 23.8 Å². The molecule has 9 heteroatoms. The average Bonchev–Trinajstić information content (AvgIpc) is 2.55. The van der Waals surface area contributed by atoms with Gasteiger partial charge < -0.3 is 14.0 Å². The molecular weight excluding hydrogens is 355 g/mol. The van der Waals surface area contributed by atoms with Crippen molar-refractivity contribution in [3.05, 3.63) is 36.0 Å². The predicted molar refractivity (Wildman–Crippen MR) is 88.7 cm³/mol. The van der Waals surface area contributed by atoms with Crippen LogP contribution in [0.15, 0.2) is 35.4 Å². The molecule has 0 aliphatic heterocycles. The SMILES string of the molecule is COCCN(CCOC)Cc1cc(S(=O)(=O)[O-])c2cccnc2c1.[Na+]. The molecule has 132 valence electrons. The third kappa shape index (κ3) is 6.58. The Bertz CT molecular complexity index is 777. The molecule has 0 atom stereocenters. The summed E-state index contributed by atoms with van der Waals surface area (Å²) in [4.78, 5) is 6.01. The minimum absolute atomic E-state index is 0. The van der Waals surface area contributed by atoms with Crippen molar-refractivity contribution < 1.29 is 52.0 Å². The molecule has 0 saturated carbocycles. The van der Waals surface area contributed by atoms with Crippen molar-refractivity contribution in [1.29, 1.82) is 0 Å². The maximum Gasteiger partial charge on any atom is 1.00 e. The smallest absolute Gasteiger partial charge is 0.744 e. The Morgan fingerprint density at radius 2 is 1.80 bits per heavy atom. The molecule has 0 N–H and O–H groups in total. The number of aromatic nitrogens is 1. The van der Waals surface area contributed by atoms with E-state index in [9.17, 15) is 13.0 Å². The number of hydrogen-bond donors (Lipinski definition) is 0. The van der Waals surface area contributed by atoms with Gasteiger partial charge in [-0.2, -0.15) is 0 Å². The molecule has 0 fully saturated rings. The van der Waals surface area contributed by atoms with Crippen LogP contribution in [0.1, 0.15) is 5.56 Å². The summed E-state index contributed by atoms with van der Waals surface area (Å²) in [7, 11) is -1.34. The van der Waals surface area contributed by atoms with E-state index < -0.39 is 10.1 Å². The molecule has 1 aromatic carbocycles. The summed E-state index contributed by atoms with van der Waals surface area (Å²) >= 11 is 0. The van der Waals surface area contributed by atoms with Gasteiger partial charge in [0.15, 0.2) is 0 Å². The van der Waals surface area contributed by atoms with Gasteiger partial charge in [0.1, 0.15) is 10.1 Å². The molecule has 0 radical (unpaired) electrons. The minimum atomic E-state index is -4.58. The van der Waals surface area contributed by atoms with E-state index >= 15 is 0 Å². The first-order valence-electron chi connectivity index (χ1n) is 7.49. The third-order valence-corrected chi connectivity index (χ3v) is 4.52. The summed E-state index contributed by atoms with van der Waals surface area (Å²) < 4.78 is 45.0. The summed E-state index contributed by atoms with van der Waals surface area (Å²) in [6, 6.07) is 6.43. The molecule has 0 unspecified atom stereocenters. The first-order valence-corrected chi connectivity index (χ1v) is 8.90. The van der Waals surface area contributed by atoms with Crippen LogP contribution in [0.25, 0.3) is 10.9 Å². The predicted octanol–water partition coefficient (Wildman–Crippen LogP) is -1.76. The molecule has 0 aliphatic rings. The second kappa shape index (κ2) is 10.5. The summed E-state index contributed by atoms with van der Waals surface area (Å²) in [5.41, 5.74) is 1.20. The van der Waals surface area contributed by atoms with Gasteiger partial charge in [0.25, 0.3) is 0 Å². The minimum Gasteiger partial charge on any atom is -0.744 e. The Labute approximate surface area is 170 Å². The Morgan fingerprint density at radius 3 is 2.36 bits per heavy atom. The summed E-state index contributed by atoms with van der Waals surface area (Å²) in [5, 5.41) is 0.344. The molecule has 0 amide bonds. The quantitative estimate of drug-likeness (QED) is 0.378. The number of nitrogens with zero attached hydrogens (tertiary/aromatic N) is 2. The Hall–Kier alpha value is -0.580. The molecule has 0 spiro atoms. The van der Waals surface area contributed by atoms with E-state index in [0.717, 1.165) is 0 Å². The van der Waals surface area contributed by atoms with Gasteiger partial charge in [0.2, 0.25) is 0 Å². The molecule has 2 aromatic rings. The zero-order valence-electron chi connectivity index (χ0n) is 14.8. The third-order valence-electron chi connectivity index (χ3n) is 3.64. The van der Waals surface area contributed by atoms with Crippen LogP contribution < -0.4 is 29.6 Å². The van der Waals surface area contributed by atoms with Gasteiger partial charge in [0, 0.05) is 45.4 Å². The van der Waals surface area contributed by atoms with Crippen molar-refractivity contribution in [2.24, 2.45) is 0 Å². The van der Waals surface area contributed by atoms with Crippen LogP contribution in [-0.4, -0.2) is 63.4 Å².